The van der Waals surface area contributed by atoms with E-state index in [1.165, 1.54) is 18.2 Å². The lowest BCUT2D eigenvalue weighted by Crippen LogP contribution is -2.44. The molecule has 0 saturated heterocycles. The predicted molar refractivity (Wildman–Crippen MR) is 76.3 cm³/mol. The van der Waals surface area contributed by atoms with Gasteiger partial charge in [0.15, 0.2) is 0 Å². The number of benzene rings is 1. The molecule has 1 aromatic carbocycles. The smallest absolute Gasteiger partial charge is 0.349 e. The molecule has 112 valence electrons. The first-order valence-electron chi connectivity index (χ1n) is 6.09. The highest BCUT2D eigenvalue weighted by atomic mass is 35.5. The van der Waals surface area contributed by atoms with Gasteiger partial charge in [-0.25, -0.2) is 0 Å². The summed E-state index contributed by atoms with van der Waals surface area (Å²) in [5.74, 6) is -4.60. The molecule has 1 amide bonds. The second-order valence-electron chi connectivity index (χ2n) is 4.80. The van der Waals surface area contributed by atoms with Gasteiger partial charge < -0.3 is 11.1 Å². The number of nitrogens with two attached hydrogens (primary N) is 1. The maximum atomic E-state index is 13.9. The quantitative estimate of drug-likeness (QED) is 0.875. The van der Waals surface area contributed by atoms with Crippen molar-refractivity contribution in [2.75, 3.05) is 6.54 Å². The molecular formula is C13H16Cl2F2N2O. The van der Waals surface area contributed by atoms with Gasteiger partial charge in [0.25, 0.3) is 5.91 Å². The van der Waals surface area contributed by atoms with Crippen LogP contribution >= 0.6 is 24.0 Å². The minimum Gasteiger partial charge on any atom is -0.349 e. The molecule has 2 rings (SSSR count). The van der Waals surface area contributed by atoms with Crippen LogP contribution in [0.25, 0.3) is 0 Å². The molecule has 1 atom stereocenters. The van der Waals surface area contributed by atoms with E-state index >= 15 is 0 Å². The lowest BCUT2D eigenvalue weighted by Gasteiger charge is -2.18. The molecule has 1 fully saturated rings. The van der Waals surface area contributed by atoms with E-state index in [4.69, 9.17) is 17.3 Å². The molecule has 1 aliphatic rings. The summed E-state index contributed by atoms with van der Waals surface area (Å²) < 4.78 is 27.8. The van der Waals surface area contributed by atoms with E-state index in [0.29, 0.717) is 5.92 Å². The van der Waals surface area contributed by atoms with Crippen LogP contribution in [-0.4, -0.2) is 18.5 Å². The van der Waals surface area contributed by atoms with Crippen LogP contribution < -0.4 is 11.1 Å². The van der Waals surface area contributed by atoms with E-state index in [1.54, 1.807) is 0 Å². The normalized spacial score (nSPS) is 16.2. The van der Waals surface area contributed by atoms with Gasteiger partial charge in [-0.3, -0.25) is 4.79 Å². The van der Waals surface area contributed by atoms with Crippen LogP contribution in [0.4, 0.5) is 8.78 Å². The number of rotatable bonds is 5. The van der Waals surface area contributed by atoms with Gasteiger partial charge in [0.05, 0.1) is 0 Å². The molecule has 1 unspecified atom stereocenters. The van der Waals surface area contributed by atoms with E-state index in [9.17, 15) is 13.6 Å². The number of hydrogen-bond acceptors (Lipinski definition) is 2. The van der Waals surface area contributed by atoms with Crippen molar-refractivity contribution in [2.24, 2.45) is 11.7 Å². The average Bonchev–Trinajstić information content (AvgIpc) is 3.19. The number of carbonyl (C=O) groups excluding carboxylic acids is 1. The molecule has 1 aliphatic carbocycles. The maximum Gasteiger partial charge on any atom is 0.349 e. The van der Waals surface area contributed by atoms with Gasteiger partial charge in [-0.05, 0) is 30.9 Å². The van der Waals surface area contributed by atoms with Crippen LogP contribution in [0.15, 0.2) is 24.3 Å². The highest BCUT2D eigenvalue weighted by Crippen LogP contribution is 2.32. The van der Waals surface area contributed by atoms with Crippen molar-refractivity contribution in [2.45, 2.75) is 24.8 Å². The van der Waals surface area contributed by atoms with Crippen molar-refractivity contribution < 1.29 is 13.6 Å². The van der Waals surface area contributed by atoms with E-state index < -0.39 is 17.4 Å². The third kappa shape index (κ3) is 4.04. The Morgan fingerprint density at radius 2 is 2.15 bits per heavy atom. The fourth-order valence-corrected chi connectivity index (χ4v) is 2.02. The molecule has 0 aromatic heterocycles. The molecular weight excluding hydrogens is 309 g/mol. The van der Waals surface area contributed by atoms with Crippen LogP contribution in [0.2, 0.25) is 5.02 Å². The van der Waals surface area contributed by atoms with Gasteiger partial charge in [0, 0.05) is 23.2 Å². The third-order valence-electron chi connectivity index (χ3n) is 3.20. The minimum atomic E-state index is -3.60. The first-order valence-corrected chi connectivity index (χ1v) is 6.47. The summed E-state index contributed by atoms with van der Waals surface area (Å²) in [4.78, 5) is 11.6. The highest BCUT2D eigenvalue weighted by molar-refractivity contribution is 6.30. The largest absolute Gasteiger partial charge is 0.349 e. The Labute approximate surface area is 127 Å². The fraction of sp³-hybridized carbons (Fsp3) is 0.462. The van der Waals surface area contributed by atoms with Gasteiger partial charge >= 0.3 is 5.92 Å². The Bertz CT molecular complexity index is 481. The van der Waals surface area contributed by atoms with Crippen molar-refractivity contribution in [1.29, 1.82) is 0 Å². The first-order chi connectivity index (χ1) is 8.91. The summed E-state index contributed by atoms with van der Waals surface area (Å²) >= 11 is 5.65. The molecule has 0 bridgehead atoms. The molecule has 0 radical (unpaired) electrons. The lowest BCUT2D eigenvalue weighted by molar-refractivity contribution is -0.147. The summed E-state index contributed by atoms with van der Waals surface area (Å²) in [7, 11) is 0. The number of alkyl halides is 2. The van der Waals surface area contributed by atoms with Gasteiger partial charge in [-0.1, -0.05) is 23.7 Å². The zero-order valence-corrected chi connectivity index (χ0v) is 12.2. The Hall–Kier alpha value is -0.910. The SMILES string of the molecule is Cl.NC(CNC(=O)C(F)(F)c1cccc(Cl)c1)C1CC1. The Kier molecular flexibility index (Phi) is 5.74. The van der Waals surface area contributed by atoms with Gasteiger partial charge in [-0.2, -0.15) is 8.78 Å². The molecule has 3 N–H and O–H groups in total. The third-order valence-corrected chi connectivity index (χ3v) is 3.43. The zero-order valence-electron chi connectivity index (χ0n) is 10.6. The highest BCUT2D eigenvalue weighted by Gasteiger charge is 2.41. The summed E-state index contributed by atoms with van der Waals surface area (Å²) in [5, 5.41) is 2.37. The summed E-state index contributed by atoms with van der Waals surface area (Å²) in [5.41, 5.74) is 5.33. The van der Waals surface area contributed by atoms with Crippen molar-refractivity contribution in [3.05, 3.63) is 34.9 Å². The molecule has 1 saturated carbocycles. The number of carbonyl (C=O) groups is 1. The van der Waals surface area contributed by atoms with Crippen molar-refractivity contribution in [1.82, 2.24) is 5.32 Å². The Balaban J connectivity index is 0.00000200. The number of hydrogen-bond donors (Lipinski definition) is 2. The first kappa shape index (κ1) is 17.1. The average molecular weight is 325 g/mol. The lowest BCUT2D eigenvalue weighted by atomic mass is 10.1. The van der Waals surface area contributed by atoms with Gasteiger partial charge in [0.1, 0.15) is 0 Å². The number of halogens is 4. The second kappa shape index (κ2) is 6.70. The van der Waals surface area contributed by atoms with E-state index in [0.717, 1.165) is 18.9 Å². The Morgan fingerprint density at radius 1 is 1.50 bits per heavy atom. The molecule has 20 heavy (non-hydrogen) atoms. The molecule has 1 aromatic rings. The van der Waals surface area contributed by atoms with E-state index in [1.807, 2.05) is 0 Å². The molecule has 7 heteroatoms. The van der Waals surface area contributed by atoms with Crippen LogP contribution in [0.5, 0.6) is 0 Å². The second-order valence-corrected chi connectivity index (χ2v) is 5.23. The fourth-order valence-electron chi connectivity index (χ4n) is 1.83. The number of amides is 1. The standard InChI is InChI=1S/C13H15ClF2N2O.ClH/c14-10-3-1-2-9(6-10)13(15,16)12(19)18-7-11(17)8-4-5-8;/h1-3,6,8,11H,4-5,7,17H2,(H,18,19);1H. The van der Waals surface area contributed by atoms with E-state index in [-0.39, 0.29) is 30.0 Å². The zero-order chi connectivity index (χ0) is 14.0. The summed E-state index contributed by atoms with van der Waals surface area (Å²) in [6.45, 7) is 0.0691. The predicted octanol–water partition coefficient (Wildman–Crippen LogP) is 2.71. The van der Waals surface area contributed by atoms with Gasteiger partial charge in [0.2, 0.25) is 0 Å². The Morgan fingerprint density at radius 3 is 2.70 bits per heavy atom. The molecule has 3 nitrogen and oxygen atoms in total. The van der Waals surface area contributed by atoms with Crippen LogP contribution in [0.1, 0.15) is 18.4 Å². The van der Waals surface area contributed by atoms with Crippen molar-refractivity contribution in [3.63, 3.8) is 0 Å². The van der Waals surface area contributed by atoms with Crippen molar-refractivity contribution >= 4 is 29.9 Å². The summed E-state index contributed by atoms with van der Waals surface area (Å²) in [6.07, 6.45) is 2.00. The van der Waals surface area contributed by atoms with Crippen LogP contribution in [0, 0.1) is 5.92 Å². The number of nitrogens with one attached hydrogen (secondary N) is 1. The minimum absolute atomic E-state index is 0. The summed E-state index contributed by atoms with van der Waals surface area (Å²) in [6, 6.07) is 4.87. The van der Waals surface area contributed by atoms with Crippen LogP contribution in [-0.2, 0) is 10.7 Å². The monoisotopic (exact) mass is 324 g/mol. The van der Waals surface area contributed by atoms with E-state index in [2.05, 4.69) is 5.32 Å². The van der Waals surface area contributed by atoms with Gasteiger partial charge in [-0.15, -0.1) is 12.4 Å². The maximum absolute atomic E-state index is 13.9. The molecule has 0 heterocycles. The van der Waals surface area contributed by atoms with Crippen LogP contribution in [0.3, 0.4) is 0 Å². The topological polar surface area (TPSA) is 55.1 Å². The molecule has 0 aliphatic heterocycles. The van der Waals surface area contributed by atoms with Crippen molar-refractivity contribution in [3.8, 4) is 0 Å². The molecule has 0 spiro atoms.